The van der Waals surface area contributed by atoms with E-state index in [2.05, 4.69) is 15.9 Å². The Kier molecular flexibility index (Phi) is 6.03. The van der Waals surface area contributed by atoms with Gasteiger partial charge in [-0.3, -0.25) is 4.79 Å². The summed E-state index contributed by atoms with van der Waals surface area (Å²) in [5, 5.41) is 0.744. The second kappa shape index (κ2) is 7.78. The van der Waals surface area contributed by atoms with Crippen LogP contribution in [0, 0.1) is 5.82 Å². The zero-order valence-corrected chi connectivity index (χ0v) is 13.9. The summed E-state index contributed by atoms with van der Waals surface area (Å²) in [4.78, 5) is 14.7. The van der Waals surface area contributed by atoms with Crippen molar-refractivity contribution in [1.29, 1.82) is 0 Å². The molecule has 0 spiro atoms. The van der Waals surface area contributed by atoms with Gasteiger partial charge in [0.25, 0.3) is 5.91 Å². The molecule has 5 heteroatoms. The third kappa shape index (κ3) is 3.96. The number of ether oxygens (including phenoxy) is 1. The minimum Gasteiger partial charge on any atom is -0.494 e. The Balaban J connectivity index is 2.20. The lowest BCUT2D eigenvalue weighted by atomic mass is 9.93. The summed E-state index contributed by atoms with van der Waals surface area (Å²) in [6.45, 7) is 0.670. The van der Waals surface area contributed by atoms with E-state index in [0.29, 0.717) is 18.2 Å². The van der Waals surface area contributed by atoms with Gasteiger partial charge in [-0.1, -0.05) is 35.2 Å². The second-order valence-corrected chi connectivity index (χ2v) is 6.12. The normalized spacial score (nSPS) is 15.8. The smallest absolute Gasteiger partial charge is 0.254 e. The molecule has 1 saturated carbocycles. The number of carbonyl (C=O) groups excluding carboxylic acids is 1. The third-order valence-electron chi connectivity index (χ3n) is 4.00. The zero-order chi connectivity index (χ0) is 15.2. The molecule has 0 aromatic heterocycles. The van der Waals surface area contributed by atoms with E-state index in [1.165, 1.54) is 44.6 Å². The van der Waals surface area contributed by atoms with Gasteiger partial charge in [-0.25, -0.2) is 4.39 Å². The fourth-order valence-corrected chi connectivity index (χ4v) is 3.27. The summed E-state index contributed by atoms with van der Waals surface area (Å²) in [5.41, 5.74) is 0.486. The molecule has 1 aromatic carbocycles. The summed E-state index contributed by atoms with van der Waals surface area (Å²) in [6.07, 6.45) is 5.69. The van der Waals surface area contributed by atoms with Crippen LogP contribution in [-0.2, 0) is 0 Å². The first-order chi connectivity index (χ1) is 10.2. The number of carbonyl (C=O) groups is 1. The van der Waals surface area contributed by atoms with Gasteiger partial charge in [-0.05, 0) is 31.0 Å². The van der Waals surface area contributed by atoms with E-state index in [9.17, 15) is 9.18 Å². The van der Waals surface area contributed by atoms with Crippen molar-refractivity contribution >= 4 is 21.8 Å². The summed E-state index contributed by atoms with van der Waals surface area (Å²) in [7, 11) is 1.41. The maximum atomic E-state index is 13.5. The van der Waals surface area contributed by atoms with Crippen molar-refractivity contribution in [2.75, 3.05) is 19.0 Å². The van der Waals surface area contributed by atoms with E-state index in [1.807, 2.05) is 4.90 Å². The van der Waals surface area contributed by atoms with Crippen molar-refractivity contribution in [1.82, 2.24) is 4.90 Å². The van der Waals surface area contributed by atoms with Crippen molar-refractivity contribution in [3.8, 4) is 5.75 Å². The summed E-state index contributed by atoms with van der Waals surface area (Å²) < 4.78 is 18.4. The second-order valence-electron chi connectivity index (χ2n) is 5.33. The number of benzene rings is 1. The molecule has 0 saturated heterocycles. The molecule has 0 bridgehead atoms. The van der Waals surface area contributed by atoms with Crippen molar-refractivity contribution in [3.63, 3.8) is 0 Å². The summed E-state index contributed by atoms with van der Waals surface area (Å²) in [6, 6.07) is 4.60. The lowest BCUT2D eigenvalue weighted by Crippen LogP contribution is -2.42. The highest BCUT2D eigenvalue weighted by Gasteiger charge is 2.26. The fraction of sp³-hybridized carbons (Fsp3) is 0.562. The Morgan fingerprint density at radius 2 is 2.10 bits per heavy atom. The van der Waals surface area contributed by atoms with Crippen LogP contribution in [0.4, 0.5) is 4.39 Å². The Morgan fingerprint density at radius 3 is 2.71 bits per heavy atom. The quantitative estimate of drug-likeness (QED) is 0.745. The van der Waals surface area contributed by atoms with Crippen LogP contribution < -0.4 is 4.74 Å². The molecule has 0 heterocycles. The highest BCUT2D eigenvalue weighted by atomic mass is 79.9. The van der Waals surface area contributed by atoms with E-state index < -0.39 is 5.82 Å². The number of halogens is 2. The van der Waals surface area contributed by atoms with Crippen molar-refractivity contribution < 1.29 is 13.9 Å². The number of amides is 1. The van der Waals surface area contributed by atoms with Gasteiger partial charge in [0.15, 0.2) is 11.6 Å². The number of hydrogen-bond acceptors (Lipinski definition) is 2. The van der Waals surface area contributed by atoms with E-state index in [0.717, 1.165) is 18.2 Å². The van der Waals surface area contributed by atoms with Gasteiger partial charge in [0.1, 0.15) is 0 Å². The van der Waals surface area contributed by atoms with Crippen molar-refractivity contribution in [3.05, 3.63) is 29.6 Å². The lowest BCUT2D eigenvalue weighted by molar-refractivity contribution is 0.0650. The molecule has 1 aliphatic carbocycles. The molecule has 1 amide bonds. The maximum Gasteiger partial charge on any atom is 0.254 e. The van der Waals surface area contributed by atoms with E-state index in [4.69, 9.17) is 4.74 Å². The van der Waals surface area contributed by atoms with Crippen LogP contribution >= 0.6 is 15.9 Å². The van der Waals surface area contributed by atoms with Crippen LogP contribution in [0.5, 0.6) is 5.75 Å². The monoisotopic (exact) mass is 357 g/mol. The summed E-state index contributed by atoms with van der Waals surface area (Å²) >= 11 is 3.42. The predicted molar refractivity (Wildman–Crippen MR) is 84.7 cm³/mol. The van der Waals surface area contributed by atoms with E-state index in [-0.39, 0.29) is 11.7 Å². The molecular formula is C16H21BrFNO2. The maximum absolute atomic E-state index is 13.5. The number of rotatable bonds is 5. The molecule has 0 aliphatic heterocycles. The first-order valence-corrected chi connectivity index (χ1v) is 8.50. The highest BCUT2D eigenvalue weighted by molar-refractivity contribution is 9.09. The molecule has 1 aliphatic rings. The van der Waals surface area contributed by atoms with Gasteiger partial charge in [0.2, 0.25) is 0 Å². The van der Waals surface area contributed by atoms with Gasteiger partial charge in [0.05, 0.1) is 7.11 Å². The van der Waals surface area contributed by atoms with E-state index >= 15 is 0 Å². The number of methoxy groups -OCH3 is 1. The summed E-state index contributed by atoms with van der Waals surface area (Å²) in [5.74, 6) is -0.373. The van der Waals surface area contributed by atoms with Gasteiger partial charge >= 0.3 is 0 Å². The molecule has 116 valence electrons. The third-order valence-corrected chi connectivity index (χ3v) is 4.35. The van der Waals surface area contributed by atoms with Gasteiger partial charge in [-0.15, -0.1) is 0 Å². The SMILES string of the molecule is COc1cc(C(=O)N(CCBr)C2CCCCC2)ccc1F. The Morgan fingerprint density at radius 1 is 1.38 bits per heavy atom. The molecular weight excluding hydrogens is 337 g/mol. The minimum atomic E-state index is -0.446. The zero-order valence-electron chi connectivity index (χ0n) is 12.3. The average Bonchev–Trinajstić information content (AvgIpc) is 2.53. The topological polar surface area (TPSA) is 29.5 Å². The van der Waals surface area contributed by atoms with Crippen LogP contribution in [0.15, 0.2) is 18.2 Å². The first kappa shape index (κ1) is 16.3. The minimum absolute atomic E-state index is 0.0420. The van der Waals surface area contributed by atoms with Gasteiger partial charge < -0.3 is 9.64 Å². The Labute approximate surface area is 133 Å². The van der Waals surface area contributed by atoms with Crippen molar-refractivity contribution in [2.45, 2.75) is 38.1 Å². The molecule has 0 unspecified atom stereocenters. The average molecular weight is 358 g/mol. The molecule has 3 nitrogen and oxygen atoms in total. The largest absolute Gasteiger partial charge is 0.494 e. The number of hydrogen-bond donors (Lipinski definition) is 0. The molecule has 1 fully saturated rings. The molecule has 2 rings (SSSR count). The van der Waals surface area contributed by atoms with Crippen LogP contribution in [-0.4, -0.2) is 35.8 Å². The van der Waals surface area contributed by atoms with E-state index in [1.54, 1.807) is 0 Å². The number of nitrogens with zero attached hydrogens (tertiary/aromatic N) is 1. The molecule has 21 heavy (non-hydrogen) atoms. The van der Waals surface area contributed by atoms with Gasteiger partial charge in [-0.2, -0.15) is 0 Å². The van der Waals surface area contributed by atoms with Crippen molar-refractivity contribution in [2.24, 2.45) is 0 Å². The standard InChI is InChI=1S/C16H21BrFNO2/c1-21-15-11-12(7-8-14(15)18)16(20)19(10-9-17)13-5-3-2-4-6-13/h7-8,11,13H,2-6,9-10H2,1H3. The molecule has 1 aromatic rings. The Hall–Kier alpha value is -1.10. The van der Waals surface area contributed by atoms with Crippen LogP contribution in [0.3, 0.4) is 0 Å². The predicted octanol–water partition coefficient (Wildman–Crippen LogP) is 4.00. The number of alkyl halides is 1. The van der Waals surface area contributed by atoms with Crippen LogP contribution in [0.2, 0.25) is 0 Å². The lowest BCUT2D eigenvalue weighted by Gasteiger charge is -2.34. The molecule has 0 N–H and O–H groups in total. The first-order valence-electron chi connectivity index (χ1n) is 7.38. The van der Waals surface area contributed by atoms with Crippen LogP contribution in [0.25, 0.3) is 0 Å². The van der Waals surface area contributed by atoms with Crippen LogP contribution in [0.1, 0.15) is 42.5 Å². The fourth-order valence-electron chi connectivity index (χ4n) is 2.89. The molecule has 0 radical (unpaired) electrons. The highest BCUT2D eigenvalue weighted by Crippen LogP contribution is 2.25. The molecule has 0 atom stereocenters. The Bertz CT molecular complexity index is 489. The van der Waals surface area contributed by atoms with Gasteiger partial charge in [0, 0.05) is 23.5 Å².